The standard InChI is InChI=1S/C16H17ClN4O2/c1-19-7-6-18-14(16(19)23)20-8-10-21(11-9-20)15(22)12-2-4-13(17)5-3-12/h2-7H,8-11H2,1H3. The molecule has 3 rings (SSSR count). The first kappa shape index (κ1) is 15.6. The van der Waals surface area contributed by atoms with E-state index in [2.05, 4.69) is 4.98 Å². The second-order valence-corrected chi connectivity index (χ2v) is 5.89. The summed E-state index contributed by atoms with van der Waals surface area (Å²) in [5.74, 6) is 0.420. The maximum absolute atomic E-state index is 12.5. The number of aryl methyl sites for hydroxylation is 1. The highest BCUT2D eigenvalue weighted by Crippen LogP contribution is 2.14. The van der Waals surface area contributed by atoms with Crippen LogP contribution >= 0.6 is 11.6 Å². The molecule has 0 saturated carbocycles. The lowest BCUT2D eigenvalue weighted by atomic mass is 10.2. The maximum Gasteiger partial charge on any atom is 0.293 e. The third-order valence-electron chi connectivity index (χ3n) is 3.96. The van der Waals surface area contributed by atoms with E-state index >= 15 is 0 Å². The van der Waals surface area contributed by atoms with Gasteiger partial charge in [0.2, 0.25) is 0 Å². The Hall–Kier alpha value is -2.34. The van der Waals surface area contributed by atoms with Crippen molar-refractivity contribution < 1.29 is 4.79 Å². The normalized spacial score (nSPS) is 14.9. The highest BCUT2D eigenvalue weighted by atomic mass is 35.5. The summed E-state index contributed by atoms with van der Waals surface area (Å²) in [6.45, 7) is 2.29. The maximum atomic E-state index is 12.5. The molecule has 0 atom stereocenters. The average Bonchev–Trinajstić information content (AvgIpc) is 2.58. The van der Waals surface area contributed by atoms with Crippen LogP contribution in [0.15, 0.2) is 41.5 Å². The van der Waals surface area contributed by atoms with E-state index < -0.39 is 0 Å². The summed E-state index contributed by atoms with van der Waals surface area (Å²) in [5.41, 5.74) is 0.501. The number of benzene rings is 1. The number of amides is 1. The molecule has 6 nitrogen and oxygen atoms in total. The molecule has 2 aromatic rings. The van der Waals surface area contributed by atoms with Crippen molar-refractivity contribution in [2.24, 2.45) is 7.05 Å². The number of aromatic nitrogens is 2. The predicted octanol–water partition coefficient (Wildman–Crippen LogP) is 1.40. The Bertz CT molecular complexity index is 764. The second kappa shape index (κ2) is 6.42. The molecule has 1 aromatic carbocycles. The van der Waals surface area contributed by atoms with E-state index in [1.807, 2.05) is 4.90 Å². The summed E-state index contributed by atoms with van der Waals surface area (Å²) in [6.07, 6.45) is 3.24. The van der Waals surface area contributed by atoms with Gasteiger partial charge < -0.3 is 14.4 Å². The highest BCUT2D eigenvalue weighted by Gasteiger charge is 2.24. The number of nitrogens with zero attached hydrogens (tertiary/aromatic N) is 4. The Morgan fingerprint density at radius 3 is 2.43 bits per heavy atom. The molecule has 1 aromatic heterocycles. The van der Waals surface area contributed by atoms with Crippen LogP contribution in [-0.2, 0) is 7.05 Å². The van der Waals surface area contributed by atoms with Crippen LogP contribution in [0.5, 0.6) is 0 Å². The summed E-state index contributed by atoms with van der Waals surface area (Å²) in [4.78, 5) is 32.4. The quantitative estimate of drug-likeness (QED) is 0.834. The fourth-order valence-electron chi connectivity index (χ4n) is 2.60. The van der Waals surface area contributed by atoms with E-state index in [4.69, 9.17) is 11.6 Å². The van der Waals surface area contributed by atoms with Gasteiger partial charge in [0.15, 0.2) is 5.82 Å². The number of rotatable bonds is 2. The Morgan fingerprint density at radius 1 is 1.13 bits per heavy atom. The van der Waals surface area contributed by atoms with Crippen molar-refractivity contribution >= 4 is 23.3 Å². The largest absolute Gasteiger partial charge is 0.348 e. The fraction of sp³-hybridized carbons (Fsp3) is 0.312. The van der Waals surface area contributed by atoms with Gasteiger partial charge in [-0.1, -0.05) is 11.6 Å². The molecule has 0 aliphatic carbocycles. The molecule has 1 saturated heterocycles. The molecular weight excluding hydrogens is 316 g/mol. The third-order valence-corrected chi connectivity index (χ3v) is 4.21. The van der Waals surface area contributed by atoms with Gasteiger partial charge in [0, 0.05) is 56.2 Å². The van der Waals surface area contributed by atoms with Gasteiger partial charge in [-0.25, -0.2) is 4.98 Å². The van der Waals surface area contributed by atoms with Crippen LogP contribution in [0.3, 0.4) is 0 Å². The zero-order valence-electron chi connectivity index (χ0n) is 12.8. The zero-order valence-corrected chi connectivity index (χ0v) is 13.5. The highest BCUT2D eigenvalue weighted by molar-refractivity contribution is 6.30. The van der Waals surface area contributed by atoms with E-state index in [0.717, 1.165) is 0 Å². The zero-order chi connectivity index (χ0) is 16.4. The number of halogens is 1. The van der Waals surface area contributed by atoms with Crippen LogP contribution in [-0.4, -0.2) is 46.5 Å². The minimum atomic E-state index is -0.120. The van der Waals surface area contributed by atoms with Gasteiger partial charge in [-0.3, -0.25) is 9.59 Å². The van der Waals surface area contributed by atoms with Gasteiger partial charge in [-0.05, 0) is 24.3 Å². The molecule has 120 valence electrons. The van der Waals surface area contributed by atoms with Gasteiger partial charge in [0.25, 0.3) is 11.5 Å². The minimum Gasteiger partial charge on any atom is -0.348 e. The van der Waals surface area contributed by atoms with E-state index in [1.165, 1.54) is 4.57 Å². The molecule has 0 spiro atoms. The Labute approximate surface area is 138 Å². The summed E-state index contributed by atoms with van der Waals surface area (Å²) < 4.78 is 1.51. The summed E-state index contributed by atoms with van der Waals surface area (Å²) in [5, 5.41) is 0.609. The van der Waals surface area contributed by atoms with Gasteiger partial charge in [0.1, 0.15) is 0 Å². The number of hydrogen-bond donors (Lipinski definition) is 0. The van der Waals surface area contributed by atoms with Crippen molar-refractivity contribution in [1.82, 2.24) is 14.5 Å². The minimum absolute atomic E-state index is 0.0183. The van der Waals surface area contributed by atoms with Gasteiger partial charge in [-0.2, -0.15) is 0 Å². The summed E-state index contributed by atoms with van der Waals surface area (Å²) in [6, 6.07) is 6.88. The smallest absolute Gasteiger partial charge is 0.293 e. The first-order chi connectivity index (χ1) is 11.1. The number of hydrogen-bond acceptors (Lipinski definition) is 4. The molecule has 0 bridgehead atoms. The molecule has 1 amide bonds. The number of piperazine rings is 1. The Morgan fingerprint density at radius 2 is 1.78 bits per heavy atom. The van der Waals surface area contributed by atoms with Crippen molar-refractivity contribution in [1.29, 1.82) is 0 Å². The molecule has 1 aliphatic rings. The van der Waals surface area contributed by atoms with Crippen molar-refractivity contribution in [3.05, 3.63) is 57.6 Å². The average molecular weight is 333 g/mol. The van der Waals surface area contributed by atoms with E-state index in [0.29, 0.717) is 42.6 Å². The lowest BCUT2D eigenvalue weighted by molar-refractivity contribution is 0.0746. The molecule has 1 aliphatic heterocycles. The fourth-order valence-corrected chi connectivity index (χ4v) is 2.72. The SMILES string of the molecule is Cn1ccnc(N2CCN(C(=O)c3ccc(Cl)cc3)CC2)c1=O. The lowest BCUT2D eigenvalue weighted by Gasteiger charge is -2.35. The molecule has 0 radical (unpaired) electrons. The van der Waals surface area contributed by atoms with Crippen LogP contribution in [0.2, 0.25) is 5.02 Å². The van der Waals surface area contributed by atoms with Crippen LogP contribution < -0.4 is 10.5 Å². The lowest BCUT2D eigenvalue weighted by Crippen LogP contribution is -2.50. The van der Waals surface area contributed by atoms with Gasteiger partial charge in [0.05, 0.1) is 0 Å². The molecule has 0 N–H and O–H groups in total. The van der Waals surface area contributed by atoms with Crippen molar-refractivity contribution in [2.45, 2.75) is 0 Å². The van der Waals surface area contributed by atoms with Crippen molar-refractivity contribution in [3.63, 3.8) is 0 Å². The molecule has 0 unspecified atom stereocenters. The number of anilines is 1. The molecule has 2 heterocycles. The molecular formula is C16H17ClN4O2. The molecule has 1 fully saturated rings. The van der Waals surface area contributed by atoms with E-state index in [1.54, 1.807) is 48.6 Å². The molecule has 7 heteroatoms. The van der Waals surface area contributed by atoms with E-state index in [-0.39, 0.29) is 11.5 Å². The topological polar surface area (TPSA) is 58.4 Å². The molecule has 23 heavy (non-hydrogen) atoms. The second-order valence-electron chi connectivity index (χ2n) is 5.45. The van der Waals surface area contributed by atoms with Crippen LogP contribution in [0.1, 0.15) is 10.4 Å². The van der Waals surface area contributed by atoms with Crippen LogP contribution in [0.4, 0.5) is 5.82 Å². The number of carbonyl (C=O) groups is 1. The predicted molar refractivity (Wildman–Crippen MR) is 89.0 cm³/mol. The Balaban J connectivity index is 1.68. The van der Waals surface area contributed by atoms with Gasteiger partial charge in [-0.15, -0.1) is 0 Å². The first-order valence-electron chi connectivity index (χ1n) is 7.37. The summed E-state index contributed by atoms with van der Waals surface area (Å²) >= 11 is 5.85. The first-order valence-corrected chi connectivity index (χ1v) is 7.75. The monoisotopic (exact) mass is 332 g/mol. The number of carbonyl (C=O) groups excluding carboxylic acids is 1. The third kappa shape index (κ3) is 3.22. The van der Waals surface area contributed by atoms with Crippen LogP contribution in [0.25, 0.3) is 0 Å². The van der Waals surface area contributed by atoms with Gasteiger partial charge >= 0.3 is 0 Å². The van der Waals surface area contributed by atoms with Crippen molar-refractivity contribution in [2.75, 3.05) is 31.1 Å². The van der Waals surface area contributed by atoms with Crippen molar-refractivity contribution in [3.8, 4) is 0 Å². The Kier molecular flexibility index (Phi) is 4.34. The summed E-state index contributed by atoms with van der Waals surface area (Å²) in [7, 11) is 1.70. The van der Waals surface area contributed by atoms with E-state index in [9.17, 15) is 9.59 Å². The van der Waals surface area contributed by atoms with Crippen LogP contribution in [0, 0.1) is 0 Å².